The molecule has 7 heteroatoms. The van der Waals surface area contributed by atoms with E-state index in [9.17, 15) is 14.7 Å². The van der Waals surface area contributed by atoms with Crippen LogP contribution in [0.4, 0.5) is 0 Å². The largest absolute Gasteiger partial charge is 0.478 e. The fourth-order valence-corrected chi connectivity index (χ4v) is 4.21. The number of aliphatic hydroxyl groups is 1. The van der Waals surface area contributed by atoms with Crippen LogP contribution in [0.5, 0.6) is 0 Å². The Kier molecular flexibility index (Phi) is 5.25. The maximum absolute atomic E-state index is 12.2. The Morgan fingerprint density at radius 3 is 2.90 bits per heavy atom. The molecule has 4 N–H and O–H groups in total. The van der Waals surface area contributed by atoms with Gasteiger partial charge in [0.25, 0.3) is 0 Å². The summed E-state index contributed by atoms with van der Waals surface area (Å²) in [7, 11) is 0. The van der Waals surface area contributed by atoms with Gasteiger partial charge in [0.1, 0.15) is 0 Å². The minimum Gasteiger partial charge on any atom is -0.478 e. The second-order valence-corrected chi connectivity index (χ2v) is 7.78. The number of carboxylic acids is 1. The zero-order valence-corrected chi connectivity index (χ0v) is 16.3. The number of nitrogens with zero attached hydrogens (tertiary/aromatic N) is 1. The van der Waals surface area contributed by atoms with Crippen molar-refractivity contribution >= 4 is 17.0 Å². The lowest BCUT2D eigenvalue weighted by Gasteiger charge is -2.26. The van der Waals surface area contributed by atoms with Gasteiger partial charge in [0.05, 0.1) is 22.7 Å². The lowest BCUT2D eigenvalue weighted by molar-refractivity contribution is 0.0696. The van der Waals surface area contributed by atoms with Crippen LogP contribution in [0.15, 0.2) is 47.3 Å². The van der Waals surface area contributed by atoms with Gasteiger partial charge in [-0.15, -0.1) is 0 Å². The Balaban J connectivity index is 1.45. The first-order valence-electron chi connectivity index (χ1n) is 9.92. The van der Waals surface area contributed by atoms with Crippen molar-refractivity contribution < 1.29 is 15.0 Å². The molecule has 29 heavy (non-hydrogen) atoms. The summed E-state index contributed by atoms with van der Waals surface area (Å²) in [6.07, 6.45) is 1.48. The quantitative estimate of drug-likeness (QED) is 0.513. The summed E-state index contributed by atoms with van der Waals surface area (Å²) in [4.78, 5) is 26.2. The molecule has 1 aromatic heterocycles. The van der Waals surface area contributed by atoms with Crippen molar-refractivity contribution in [1.82, 2.24) is 14.9 Å². The van der Waals surface area contributed by atoms with Gasteiger partial charge in [-0.3, -0.25) is 4.57 Å². The smallest absolute Gasteiger partial charge is 0.335 e. The number of carboxylic acid groups (broad SMARTS) is 1. The molecular formula is C22H25N3O4. The van der Waals surface area contributed by atoms with Crippen LogP contribution in [-0.4, -0.2) is 37.8 Å². The highest BCUT2D eigenvalue weighted by Gasteiger charge is 2.29. The number of aromatic carboxylic acids is 1. The van der Waals surface area contributed by atoms with E-state index in [4.69, 9.17) is 5.11 Å². The van der Waals surface area contributed by atoms with E-state index < -0.39 is 12.1 Å². The number of rotatable bonds is 6. The van der Waals surface area contributed by atoms with Crippen LogP contribution in [-0.2, 0) is 13.0 Å². The number of aryl methyl sites for hydroxylation is 2. The first-order valence-corrected chi connectivity index (χ1v) is 9.92. The fraction of sp³-hybridized carbons (Fsp3) is 0.364. The summed E-state index contributed by atoms with van der Waals surface area (Å²) in [5.41, 5.74) is 3.42. The van der Waals surface area contributed by atoms with E-state index in [0.29, 0.717) is 18.5 Å². The molecule has 0 bridgehead atoms. The number of carbonyl (C=O) groups is 1. The highest BCUT2D eigenvalue weighted by molar-refractivity contribution is 5.87. The zero-order valence-electron chi connectivity index (χ0n) is 16.3. The zero-order chi connectivity index (χ0) is 20.5. The molecule has 1 aliphatic heterocycles. The highest BCUT2D eigenvalue weighted by Crippen LogP contribution is 2.30. The van der Waals surface area contributed by atoms with Crippen LogP contribution in [0.25, 0.3) is 11.0 Å². The normalized spacial score (nSPS) is 19.8. The molecule has 0 saturated heterocycles. The van der Waals surface area contributed by atoms with Crippen LogP contribution >= 0.6 is 0 Å². The maximum Gasteiger partial charge on any atom is 0.335 e. The minimum absolute atomic E-state index is 0.123. The molecule has 2 aromatic carbocycles. The molecule has 7 nitrogen and oxygen atoms in total. The molecule has 3 aromatic rings. The Morgan fingerprint density at radius 1 is 1.31 bits per heavy atom. The highest BCUT2D eigenvalue weighted by atomic mass is 16.4. The van der Waals surface area contributed by atoms with Crippen molar-refractivity contribution in [1.29, 1.82) is 0 Å². The number of aromatic nitrogens is 2. The Hall–Kier alpha value is -2.90. The number of hydrogen-bond donors (Lipinski definition) is 4. The van der Waals surface area contributed by atoms with Gasteiger partial charge in [-0.05, 0) is 49.9 Å². The number of hydrogen-bond acceptors (Lipinski definition) is 4. The van der Waals surface area contributed by atoms with Gasteiger partial charge in [0.15, 0.2) is 0 Å². The van der Waals surface area contributed by atoms with Crippen molar-refractivity contribution in [3.05, 3.63) is 69.6 Å². The molecule has 3 atom stereocenters. The Morgan fingerprint density at radius 2 is 2.10 bits per heavy atom. The van der Waals surface area contributed by atoms with Crippen molar-refractivity contribution in [3.8, 4) is 0 Å². The molecule has 0 fully saturated rings. The predicted molar refractivity (Wildman–Crippen MR) is 110 cm³/mol. The second-order valence-electron chi connectivity index (χ2n) is 7.78. The maximum atomic E-state index is 12.2. The van der Waals surface area contributed by atoms with E-state index in [-0.39, 0.29) is 17.8 Å². The van der Waals surface area contributed by atoms with E-state index in [0.717, 1.165) is 35.0 Å². The summed E-state index contributed by atoms with van der Waals surface area (Å²) >= 11 is 0. The van der Waals surface area contributed by atoms with Crippen LogP contribution in [0.1, 0.15) is 47.4 Å². The first kappa shape index (κ1) is 19.4. The average Bonchev–Trinajstić information content (AvgIpc) is 2.96. The summed E-state index contributed by atoms with van der Waals surface area (Å²) in [5.74, 6) is -0.923. The van der Waals surface area contributed by atoms with Crippen molar-refractivity contribution in [2.75, 3.05) is 0 Å². The van der Waals surface area contributed by atoms with Crippen LogP contribution < -0.4 is 11.0 Å². The summed E-state index contributed by atoms with van der Waals surface area (Å²) in [6, 6.07) is 12.5. The van der Waals surface area contributed by atoms with E-state index >= 15 is 0 Å². The SMILES string of the molecule is CC(CCc1cccc(C(=O)O)c1)NC1CCn2c(=O)[nH]c3cccc(c32)[C@H]1O. The molecule has 0 aliphatic carbocycles. The molecule has 0 radical (unpaired) electrons. The van der Waals surface area contributed by atoms with Gasteiger partial charge in [0, 0.05) is 24.2 Å². The minimum atomic E-state index is -0.923. The molecule has 2 unspecified atom stereocenters. The van der Waals surface area contributed by atoms with Crippen LogP contribution in [0.2, 0.25) is 0 Å². The molecule has 0 amide bonds. The van der Waals surface area contributed by atoms with Gasteiger partial charge in [-0.1, -0.05) is 24.3 Å². The lowest BCUT2D eigenvalue weighted by Crippen LogP contribution is -2.41. The Labute approximate surface area is 168 Å². The monoisotopic (exact) mass is 395 g/mol. The predicted octanol–water partition coefficient (Wildman–Crippen LogP) is 2.44. The number of aromatic amines is 1. The Bertz CT molecular complexity index is 1100. The summed E-state index contributed by atoms with van der Waals surface area (Å²) < 4.78 is 1.71. The molecule has 1 aliphatic rings. The standard InChI is InChI=1S/C22H25N3O4/c1-13(8-9-14-4-2-5-15(12-14)21(27)28)23-18-10-11-25-19-16(20(18)26)6-3-7-17(19)24-22(25)29/h2-7,12-13,18,20,23,26H,8-11H2,1H3,(H,24,29)(H,27,28)/t13?,18?,20-/m1/s1. The number of nitrogens with one attached hydrogen (secondary N) is 2. The fourth-order valence-electron chi connectivity index (χ4n) is 4.21. The third kappa shape index (κ3) is 3.83. The van der Waals surface area contributed by atoms with E-state index in [1.165, 1.54) is 0 Å². The van der Waals surface area contributed by atoms with Crippen molar-refractivity contribution in [3.63, 3.8) is 0 Å². The third-order valence-electron chi connectivity index (χ3n) is 5.73. The van der Waals surface area contributed by atoms with E-state index in [1.54, 1.807) is 22.8 Å². The molecular weight excluding hydrogens is 370 g/mol. The van der Waals surface area contributed by atoms with E-state index in [1.807, 2.05) is 24.3 Å². The second kappa shape index (κ2) is 7.85. The van der Waals surface area contributed by atoms with Gasteiger partial charge < -0.3 is 20.5 Å². The van der Waals surface area contributed by atoms with Gasteiger partial charge >= 0.3 is 11.7 Å². The van der Waals surface area contributed by atoms with Crippen LogP contribution in [0.3, 0.4) is 0 Å². The molecule has 2 heterocycles. The molecule has 152 valence electrons. The van der Waals surface area contributed by atoms with Gasteiger partial charge in [0.2, 0.25) is 0 Å². The number of H-pyrrole nitrogens is 1. The number of imidazole rings is 1. The number of para-hydroxylation sites is 1. The topological polar surface area (TPSA) is 107 Å². The van der Waals surface area contributed by atoms with Crippen molar-refractivity contribution in [2.45, 2.75) is 50.9 Å². The lowest BCUT2D eigenvalue weighted by atomic mass is 9.98. The first-order chi connectivity index (χ1) is 13.9. The number of aliphatic hydroxyl groups excluding tert-OH is 1. The van der Waals surface area contributed by atoms with Crippen molar-refractivity contribution in [2.24, 2.45) is 0 Å². The molecule has 4 rings (SSSR count). The van der Waals surface area contributed by atoms with E-state index in [2.05, 4.69) is 17.2 Å². The average molecular weight is 395 g/mol. The summed E-state index contributed by atoms with van der Waals surface area (Å²) in [6.45, 7) is 2.60. The van der Waals surface area contributed by atoms with Gasteiger partial charge in [-0.25, -0.2) is 9.59 Å². The summed E-state index contributed by atoms with van der Waals surface area (Å²) in [5, 5.41) is 23.6. The number of benzene rings is 2. The molecule has 0 spiro atoms. The van der Waals surface area contributed by atoms with Crippen LogP contribution in [0, 0.1) is 0 Å². The third-order valence-corrected chi connectivity index (χ3v) is 5.73. The molecule has 0 saturated carbocycles. The van der Waals surface area contributed by atoms with Gasteiger partial charge in [-0.2, -0.15) is 0 Å².